The SMILES string of the molecule is CN1[C@H]2CC[C@H](C2)[C@@H]1CO.C[C@@H](N)c1ccccc1. The van der Waals surface area contributed by atoms with Crippen LogP contribution in [0.25, 0.3) is 0 Å². The van der Waals surface area contributed by atoms with Crippen LogP contribution in [0.4, 0.5) is 0 Å². The number of fused-ring (bicyclic) bond motifs is 2. The van der Waals surface area contributed by atoms with Crippen molar-refractivity contribution in [3.05, 3.63) is 35.9 Å². The van der Waals surface area contributed by atoms with Gasteiger partial charge in [-0.05, 0) is 44.7 Å². The fourth-order valence-corrected chi connectivity index (χ4v) is 3.35. The van der Waals surface area contributed by atoms with Gasteiger partial charge >= 0.3 is 0 Å². The number of likely N-dealkylation sites (N-methyl/N-ethyl adjacent to an activating group) is 1. The topological polar surface area (TPSA) is 49.5 Å². The van der Waals surface area contributed by atoms with Crippen molar-refractivity contribution >= 4 is 0 Å². The first-order valence-electron chi connectivity index (χ1n) is 7.26. The van der Waals surface area contributed by atoms with Crippen LogP contribution < -0.4 is 5.73 Å². The van der Waals surface area contributed by atoms with Gasteiger partial charge < -0.3 is 10.8 Å². The summed E-state index contributed by atoms with van der Waals surface area (Å²) in [6, 6.07) is 11.5. The lowest BCUT2D eigenvalue weighted by Gasteiger charge is -2.30. The molecular formula is C16H26N2O. The van der Waals surface area contributed by atoms with E-state index in [9.17, 15) is 0 Å². The van der Waals surface area contributed by atoms with Gasteiger partial charge in [0.15, 0.2) is 0 Å². The standard InChI is InChI=1S/C8H15NO.C8H11N/c1-9-7-3-2-6(4-7)8(9)5-10;1-7(9)8-5-3-2-4-6-8/h6-8,10H,2-5H2,1H3;2-7H,9H2,1H3/t6-,7+,8+;7-/m11/s1. The maximum atomic E-state index is 9.02. The zero-order chi connectivity index (χ0) is 13.8. The third-order valence-corrected chi connectivity index (χ3v) is 4.60. The highest BCUT2D eigenvalue weighted by atomic mass is 16.3. The first-order valence-corrected chi connectivity index (χ1v) is 7.26. The molecule has 3 rings (SSSR count). The minimum absolute atomic E-state index is 0.159. The van der Waals surface area contributed by atoms with E-state index in [-0.39, 0.29) is 6.04 Å². The number of nitrogens with two attached hydrogens (primary N) is 1. The second-order valence-electron chi connectivity index (χ2n) is 5.84. The molecule has 1 aliphatic heterocycles. The van der Waals surface area contributed by atoms with Crippen molar-refractivity contribution < 1.29 is 5.11 Å². The van der Waals surface area contributed by atoms with Crippen molar-refractivity contribution in [1.82, 2.24) is 4.90 Å². The van der Waals surface area contributed by atoms with E-state index < -0.39 is 0 Å². The van der Waals surface area contributed by atoms with Crippen molar-refractivity contribution in [3.63, 3.8) is 0 Å². The largest absolute Gasteiger partial charge is 0.395 e. The lowest BCUT2D eigenvalue weighted by Crippen LogP contribution is -2.39. The predicted molar refractivity (Wildman–Crippen MR) is 78.8 cm³/mol. The Morgan fingerprint density at radius 3 is 2.37 bits per heavy atom. The summed E-state index contributed by atoms with van der Waals surface area (Å²) in [5, 5.41) is 9.02. The Labute approximate surface area is 116 Å². The third-order valence-electron chi connectivity index (χ3n) is 4.60. The van der Waals surface area contributed by atoms with E-state index >= 15 is 0 Å². The van der Waals surface area contributed by atoms with Crippen LogP contribution >= 0.6 is 0 Å². The molecule has 3 N–H and O–H groups in total. The van der Waals surface area contributed by atoms with Crippen molar-refractivity contribution in [2.75, 3.05) is 13.7 Å². The van der Waals surface area contributed by atoms with Gasteiger partial charge in [-0.2, -0.15) is 0 Å². The molecule has 19 heavy (non-hydrogen) atoms. The number of benzene rings is 1. The molecule has 1 heterocycles. The van der Waals surface area contributed by atoms with Crippen molar-refractivity contribution in [2.45, 2.75) is 44.3 Å². The summed E-state index contributed by atoms with van der Waals surface area (Å²) in [7, 11) is 2.14. The third kappa shape index (κ3) is 3.35. The molecule has 1 aromatic carbocycles. The number of nitrogens with zero attached hydrogens (tertiary/aromatic N) is 1. The van der Waals surface area contributed by atoms with E-state index in [2.05, 4.69) is 11.9 Å². The molecule has 3 heteroatoms. The van der Waals surface area contributed by atoms with Crippen molar-refractivity contribution in [2.24, 2.45) is 11.7 Å². The zero-order valence-electron chi connectivity index (χ0n) is 12.0. The van der Waals surface area contributed by atoms with Gasteiger partial charge in [-0.1, -0.05) is 30.3 Å². The van der Waals surface area contributed by atoms with E-state index in [1.807, 2.05) is 37.3 Å². The summed E-state index contributed by atoms with van der Waals surface area (Å²) >= 11 is 0. The van der Waals surface area contributed by atoms with E-state index in [0.717, 1.165) is 12.0 Å². The zero-order valence-corrected chi connectivity index (χ0v) is 12.0. The first-order chi connectivity index (χ1) is 9.13. The maximum absolute atomic E-state index is 9.02. The number of aliphatic hydroxyl groups is 1. The van der Waals surface area contributed by atoms with Crippen LogP contribution in [0.15, 0.2) is 30.3 Å². The number of aliphatic hydroxyl groups excluding tert-OH is 1. The van der Waals surface area contributed by atoms with Crippen LogP contribution in [-0.4, -0.2) is 35.7 Å². The molecule has 106 valence electrons. The molecule has 2 fully saturated rings. The van der Waals surface area contributed by atoms with E-state index in [1.54, 1.807) is 0 Å². The van der Waals surface area contributed by atoms with Gasteiger partial charge in [0.2, 0.25) is 0 Å². The second-order valence-corrected chi connectivity index (χ2v) is 5.84. The minimum atomic E-state index is 0.159. The van der Waals surface area contributed by atoms with Gasteiger partial charge in [-0.15, -0.1) is 0 Å². The van der Waals surface area contributed by atoms with E-state index in [0.29, 0.717) is 12.6 Å². The molecule has 1 saturated heterocycles. The number of likely N-dealkylation sites (tertiary alicyclic amines) is 1. The molecule has 1 saturated carbocycles. The molecule has 2 bridgehead atoms. The molecular weight excluding hydrogens is 236 g/mol. The summed E-state index contributed by atoms with van der Waals surface area (Å²) in [5.74, 6) is 0.806. The molecule has 0 spiro atoms. The molecule has 3 nitrogen and oxygen atoms in total. The van der Waals surface area contributed by atoms with Crippen LogP contribution in [0.5, 0.6) is 0 Å². The van der Waals surface area contributed by atoms with Crippen LogP contribution in [0.3, 0.4) is 0 Å². The second kappa shape index (κ2) is 6.51. The van der Waals surface area contributed by atoms with Crippen LogP contribution in [0.2, 0.25) is 0 Å². The van der Waals surface area contributed by atoms with Crippen LogP contribution in [-0.2, 0) is 0 Å². The average Bonchev–Trinajstić information content (AvgIpc) is 3.01. The molecule has 0 aromatic heterocycles. The Kier molecular flexibility index (Phi) is 4.97. The Morgan fingerprint density at radius 2 is 2.00 bits per heavy atom. The summed E-state index contributed by atoms with van der Waals surface area (Å²) in [4.78, 5) is 2.36. The average molecular weight is 262 g/mol. The first kappa shape index (κ1) is 14.5. The summed E-state index contributed by atoms with van der Waals surface area (Å²) in [6.07, 6.45) is 4.04. The van der Waals surface area contributed by atoms with Crippen molar-refractivity contribution in [3.8, 4) is 0 Å². The Bertz CT molecular complexity index is 378. The molecule has 1 aromatic rings. The number of rotatable bonds is 2. The quantitative estimate of drug-likeness (QED) is 0.859. The van der Waals surface area contributed by atoms with E-state index in [4.69, 9.17) is 10.8 Å². The van der Waals surface area contributed by atoms with Gasteiger partial charge in [0, 0.05) is 18.1 Å². The van der Waals surface area contributed by atoms with Crippen LogP contribution in [0.1, 0.15) is 37.8 Å². The summed E-state index contributed by atoms with van der Waals surface area (Å²) in [6.45, 7) is 2.34. The fourth-order valence-electron chi connectivity index (χ4n) is 3.35. The van der Waals surface area contributed by atoms with Crippen LogP contribution in [0, 0.1) is 5.92 Å². The van der Waals surface area contributed by atoms with Gasteiger partial charge in [0.05, 0.1) is 6.61 Å². The van der Waals surface area contributed by atoms with Gasteiger partial charge in [-0.3, -0.25) is 4.90 Å². The Balaban J connectivity index is 0.000000141. The predicted octanol–water partition coefficient (Wildman–Crippen LogP) is 2.17. The fraction of sp³-hybridized carbons (Fsp3) is 0.625. The maximum Gasteiger partial charge on any atom is 0.0589 e. The lowest BCUT2D eigenvalue weighted by atomic mass is 10.0. The highest BCUT2D eigenvalue weighted by molar-refractivity contribution is 5.17. The monoisotopic (exact) mass is 262 g/mol. The summed E-state index contributed by atoms with van der Waals surface area (Å²) in [5.41, 5.74) is 6.81. The molecule has 0 radical (unpaired) electrons. The molecule has 2 aliphatic rings. The highest BCUT2D eigenvalue weighted by Gasteiger charge is 2.42. The lowest BCUT2D eigenvalue weighted by molar-refractivity contribution is 0.108. The minimum Gasteiger partial charge on any atom is -0.395 e. The summed E-state index contributed by atoms with van der Waals surface area (Å²) < 4.78 is 0. The number of hydrogen-bond donors (Lipinski definition) is 2. The van der Waals surface area contributed by atoms with Gasteiger partial charge in [-0.25, -0.2) is 0 Å². The van der Waals surface area contributed by atoms with E-state index in [1.165, 1.54) is 24.8 Å². The highest BCUT2D eigenvalue weighted by Crippen LogP contribution is 2.40. The molecule has 0 amide bonds. The molecule has 0 unspecified atom stereocenters. The Hall–Kier alpha value is -0.900. The number of piperidine rings is 1. The molecule has 4 atom stereocenters. The Morgan fingerprint density at radius 1 is 1.32 bits per heavy atom. The normalized spacial score (nSPS) is 30.8. The van der Waals surface area contributed by atoms with Gasteiger partial charge in [0.1, 0.15) is 0 Å². The molecule has 1 aliphatic carbocycles. The van der Waals surface area contributed by atoms with Crippen molar-refractivity contribution in [1.29, 1.82) is 0 Å². The number of hydrogen-bond acceptors (Lipinski definition) is 3. The van der Waals surface area contributed by atoms with Gasteiger partial charge in [0.25, 0.3) is 0 Å². The smallest absolute Gasteiger partial charge is 0.0589 e.